The van der Waals surface area contributed by atoms with Crippen molar-refractivity contribution in [3.63, 3.8) is 0 Å². The number of rotatable bonds is 8. The zero-order valence-electron chi connectivity index (χ0n) is 18.2. The standard InChI is InChI=1S/C25H31NO3/c1-7-29-25-21(17(4)5)13-20(16(2)3)14-22(25)23-15-26-11-10-19(23)9-8-18(6)12-24(27)28/h8-17H,7H2,1-6H3,(H,27,28). The Morgan fingerprint density at radius 1 is 1.17 bits per heavy atom. The van der Waals surface area contributed by atoms with Gasteiger partial charge in [0.15, 0.2) is 0 Å². The maximum atomic E-state index is 10.9. The second-order valence-corrected chi connectivity index (χ2v) is 7.75. The first-order valence-corrected chi connectivity index (χ1v) is 10.1. The van der Waals surface area contributed by atoms with E-state index in [1.165, 1.54) is 17.2 Å². The third kappa shape index (κ3) is 5.80. The minimum atomic E-state index is -0.952. The number of hydrogen-bond acceptors (Lipinski definition) is 3. The molecule has 29 heavy (non-hydrogen) atoms. The predicted octanol–water partition coefficient (Wildman–Crippen LogP) is 6.44. The van der Waals surface area contributed by atoms with Gasteiger partial charge in [0.25, 0.3) is 0 Å². The van der Waals surface area contributed by atoms with Crippen molar-refractivity contribution in [2.24, 2.45) is 0 Å². The highest BCUT2D eigenvalue weighted by Crippen LogP contribution is 2.41. The van der Waals surface area contributed by atoms with E-state index in [1.54, 1.807) is 13.1 Å². The average molecular weight is 394 g/mol. The van der Waals surface area contributed by atoms with E-state index in [4.69, 9.17) is 9.84 Å². The van der Waals surface area contributed by atoms with Crippen molar-refractivity contribution in [1.29, 1.82) is 0 Å². The Balaban J connectivity index is 2.70. The van der Waals surface area contributed by atoms with Crippen molar-refractivity contribution in [2.45, 2.75) is 53.4 Å². The summed E-state index contributed by atoms with van der Waals surface area (Å²) in [6.07, 6.45) is 8.53. The molecule has 0 radical (unpaired) electrons. The van der Waals surface area contributed by atoms with Crippen LogP contribution in [0.15, 0.2) is 48.3 Å². The van der Waals surface area contributed by atoms with E-state index in [0.29, 0.717) is 24.0 Å². The van der Waals surface area contributed by atoms with Crippen LogP contribution >= 0.6 is 0 Å². The van der Waals surface area contributed by atoms with Gasteiger partial charge in [0.1, 0.15) is 5.75 Å². The number of aliphatic carboxylic acids is 1. The summed E-state index contributed by atoms with van der Waals surface area (Å²) in [4.78, 5) is 15.2. The molecule has 0 amide bonds. The molecule has 0 spiro atoms. The maximum absolute atomic E-state index is 10.9. The normalized spacial score (nSPS) is 12.2. The number of carbonyl (C=O) groups is 1. The molecule has 0 saturated carbocycles. The van der Waals surface area contributed by atoms with E-state index in [1.807, 2.05) is 31.3 Å². The molecule has 4 heteroatoms. The second-order valence-electron chi connectivity index (χ2n) is 7.75. The molecule has 0 saturated heterocycles. The summed E-state index contributed by atoms with van der Waals surface area (Å²) in [5.74, 6) is 0.656. The number of benzene rings is 1. The molecule has 1 aromatic carbocycles. The van der Waals surface area contributed by atoms with Crippen LogP contribution in [0.25, 0.3) is 17.2 Å². The SMILES string of the molecule is CCOc1c(-c2cnccc2C=CC(C)=CC(=O)O)cc(C(C)C)cc1C(C)C. The summed E-state index contributed by atoms with van der Waals surface area (Å²) < 4.78 is 6.11. The fourth-order valence-corrected chi connectivity index (χ4v) is 3.18. The Labute approximate surface area is 174 Å². The smallest absolute Gasteiger partial charge is 0.328 e. The third-order valence-corrected chi connectivity index (χ3v) is 4.74. The molecule has 154 valence electrons. The molecule has 4 nitrogen and oxygen atoms in total. The summed E-state index contributed by atoms with van der Waals surface area (Å²) in [5.41, 5.74) is 6.08. The second kappa shape index (κ2) is 10.1. The van der Waals surface area contributed by atoms with E-state index < -0.39 is 5.97 Å². The van der Waals surface area contributed by atoms with E-state index in [9.17, 15) is 4.79 Å². The van der Waals surface area contributed by atoms with Crippen LogP contribution < -0.4 is 4.74 Å². The molecule has 0 aliphatic rings. The van der Waals surface area contributed by atoms with Crippen LogP contribution in [0.5, 0.6) is 5.75 Å². The van der Waals surface area contributed by atoms with Gasteiger partial charge in [-0.1, -0.05) is 45.9 Å². The number of aromatic nitrogens is 1. The monoisotopic (exact) mass is 393 g/mol. The Morgan fingerprint density at radius 2 is 1.90 bits per heavy atom. The highest BCUT2D eigenvalue weighted by molar-refractivity contribution is 5.83. The summed E-state index contributed by atoms with van der Waals surface area (Å²) >= 11 is 0. The van der Waals surface area contributed by atoms with Crippen LogP contribution in [0.2, 0.25) is 0 Å². The lowest BCUT2D eigenvalue weighted by atomic mass is 9.88. The van der Waals surface area contributed by atoms with Gasteiger partial charge in [-0.15, -0.1) is 0 Å². The summed E-state index contributed by atoms with van der Waals surface area (Å²) in [7, 11) is 0. The van der Waals surface area contributed by atoms with Crippen molar-refractivity contribution < 1.29 is 14.6 Å². The van der Waals surface area contributed by atoms with Gasteiger partial charge in [0.2, 0.25) is 0 Å². The number of ether oxygens (including phenoxy) is 1. The van der Waals surface area contributed by atoms with Crippen molar-refractivity contribution in [2.75, 3.05) is 6.61 Å². The molecule has 1 aromatic heterocycles. The highest BCUT2D eigenvalue weighted by Gasteiger charge is 2.19. The van der Waals surface area contributed by atoms with Gasteiger partial charge in [0, 0.05) is 29.6 Å². The summed E-state index contributed by atoms with van der Waals surface area (Å²) in [6.45, 7) is 13.1. The van der Waals surface area contributed by atoms with Gasteiger partial charge in [-0.3, -0.25) is 4.98 Å². The van der Waals surface area contributed by atoms with Crippen LogP contribution in [0.1, 0.15) is 70.1 Å². The molecule has 0 aliphatic heterocycles. The van der Waals surface area contributed by atoms with Gasteiger partial charge in [-0.05, 0) is 60.1 Å². The predicted molar refractivity (Wildman–Crippen MR) is 119 cm³/mol. The van der Waals surface area contributed by atoms with Crippen molar-refractivity contribution in [1.82, 2.24) is 4.98 Å². The van der Waals surface area contributed by atoms with Crippen molar-refractivity contribution in [3.8, 4) is 16.9 Å². The number of carboxylic acids is 1. The van der Waals surface area contributed by atoms with E-state index in [2.05, 4.69) is 44.8 Å². The van der Waals surface area contributed by atoms with Crippen LogP contribution in [0.3, 0.4) is 0 Å². The average Bonchev–Trinajstić information content (AvgIpc) is 2.66. The summed E-state index contributed by atoms with van der Waals surface area (Å²) in [6, 6.07) is 6.37. The van der Waals surface area contributed by atoms with Crippen molar-refractivity contribution in [3.05, 3.63) is 65.0 Å². The molecule has 0 bridgehead atoms. The molecule has 2 aromatic rings. The minimum Gasteiger partial charge on any atom is -0.493 e. The molecule has 1 heterocycles. The zero-order chi connectivity index (χ0) is 21.6. The Hall–Kier alpha value is -2.88. The van der Waals surface area contributed by atoms with Gasteiger partial charge >= 0.3 is 5.97 Å². The van der Waals surface area contributed by atoms with Gasteiger partial charge in [-0.2, -0.15) is 0 Å². The van der Waals surface area contributed by atoms with E-state index in [-0.39, 0.29) is 0 Å². The van der Waals surface area contributed by atoms with Crippen LogP contribution in [-0.4, -0.2) is 22.7 Å². The van der Waals surface area contributed by atoms with Crippen LogP contribution in [-0.2, 0) is 4.79 Å². The van der Waals surface area contributed by atoms with Crippen molar-refractivity contribution >= 4 is 12.0 Å². The molecule has 1 N–H and O–H groups in total. The quantitative estimate of drug-likeness (QED) is 0.414. The molecule has 0 aliphatic carbocycles. The lowest BCUT2D eigenvalue weighted by molar-refractivity contribution is -0.131. The third-order valence-electron chi connectivity index (χ3n) is 4.74. The maximum Gasteiger partial charge on any atom is 0.328 e. The van der Waals surface area contributed by atoms with E-state index in [0.717, 1.165) is 22.4 Å². The van der Waals surface area contributed by atoms with Crippen LogP contribution in [0, 0.1) is 0 Å². The minimum absolute atomic E-state index is 0.324. The van der Waals surface area contributed by atoms with E-state index >= 15 is 0 Å². The first-order valence-electron chi connectivity index (χ1n) is 10.1. The number of carboxylic acid groups (broad SMARTS) is 1. The Bertz CT molecular complexity index is 924. The molecular formula is C25H31NO3. The fourth-order valence-electron chi connectivity index (χ4n) is 3.18. The molecule has 2 rings (SSSR count). The summed E-state index contributed by atoms with van der Waals surface area (Å²) in [5, 5.41) is 8.94. The number of pyridine rings is 1. The molecule has 0 atom stereocenters. The van der Waals surface area contributed by atoms with Crippen LogP contribution in [0.4, 0.5) is 0 Å². The molecule has 0 fully saturated rings. The number of nitrogens with zero attached hydrogens (tertiary/aromatic N) is 1. The zero-order valence-corrected chi connectivity index (χ0v) is 18.2. The molecule has 0 unspecified atom stereocenters. The largest absolute Gasteiger partial charge is 0.493 e. The van der Waals surface area contributed by atoms with Gasteiger partial charge < -0.3 is 9.84 Å². The first kappa shape index (κ1) is 22.4. The molecular weight excluding hydrogens is 362 g/mol. The lowest BCUT2D eigenvalue weighted by Crippen LogP contribution is -2.04. The highest BCUT2D eigenvalue weighted by atomic mass is 16.5. The number of hydrogen-bond donors (Lipinski definition) is 1. The lowest BCUT2D eigenvalue weighted by Gasteiger charge is -2.21. The van der Waals surface area contributed by atoms with Gasteiger partial charge in [-0.25, -0.2) is 4.79 Å². The number of allylic oxidation sites excluding steroid dienone is 2. The Morgan fingerprint density at radius 3 is 2.48 bits per heavy atom. The Kier molecular flexibility index (Phi) is 7.77. The van der Waals surface area contributed by atoms with Gasteiger partial charge in [0.05, 0.1) is 6.61 Å². The fraction of sp³-hybridized carbons (Fsp3) is 0.360. The first-order chi connectivity index (χ1) is 13.7. The topological polar surface area (TPSA) is 59.4 Å².